The lowest BCUT2D eigenvalue weighted by Gasteiger charge is -2.21. The first kappa shape index (κ1) is 18.4. The Hall–Kier alpha value is -3.35. The normalized spacial score (nSPS) is 16.2. The molecule has 140 valence electrons. The molecule has 3 rings (SSSR count). The fourth-order valence-corrected chi connectivity index (χ4v) is 2.79. The van der Waals surface area contributed by atoms with E-state index in [4.69, 9.17) is 9.47 Å². The summed E-state index contributed by atoms with van der Waals surface area (Å²) in [5.74, 6) is 0.503. The van der Waals surface area contributed by atoms with Crippen LogP contribution in [0.15, 0.2) is 47.5 Å². The smallest absolute Gasteiger partial charge is 0.258 e. The predicted octanol–water partition coefficient (Wildman–Crippen LogP) is 2.36. The highest BCUT2D eigenvalue weighted by atomic mass is 16.5. The summed E-state index contributed by atoms with van der Waals surface area (Å²) in [6, 6.07) is 12.3. The maximum absolute atomic E-state index is 12.5. The van der Waals surface area contributed by atoms with E-state index in [9.17, 15) is 9.59 Å². The Morgan fingerprint density at radius 1 is 1.11 bits per heavy atom. The number of carbonyl (C=O) groups is 2. The predicted molar refractivity (Wildman–Crippen MR) is 101 cm³/mol. The molecule has 1 aliphatic rings. The summed E-state index contributed by atoms with van der Waals surface area (Å²) < 4.78 is 10.4. The minimum absolute atomic E-state index is 0.136. The molecule has 0 spiro atoms. The van der Waals surface area contributed by atoms with Gasteiger partial charge >= 0.3 is 0 Å². The summed E-state index contributed by atoms with van der Waals surface area (Å²) in [4.78, 5) is 29.1. The first-order valence-corrected chi connectivity index (χ1v) is 8.47. The third-order valence-corrected chi connectivity index (χ3v) is 4.26. The molecule has 0 saturated heterocycles. The van der Waals surface area contributed by atoms with E-state index in [-0.39, 0.29) is 24.3 Å². The number of carbonyl (C=O) groups excluding carboxylic acids is 2. The Bertz CT molecular complexity index is 891. The van der Waals surface area contributed by atoms with Crippen LogP contribution >= 0.6 is 0 Å². The van der Waals surface area contributed by atoms with Gasteiger partial charge in [0.05, 0.1) is 26.7 Å². The quantitative estimate of drug-likeness (QED) is 0.868. The number of hydrogen-bond donors (Lipinski definition) is 2. The number of aryl methyl sites for hydroxylation is 1. The van der Waals surface area contributed by atoms with Gasteiger partial charge in [0, 0.05) is 5.56 Å². The van der Waals surface area contributed by atoms with Crippen molar-refractivity contribution in [2.45, 2.75) is 19.4 Å². The summed E-state index contributed by atoms with van der Waals surface area (Å²) in [7, 11) is 3.02. The highest BCUT2D eigenvalue weighted by Gasteiger charge is 2.24. The Morgan fingerprint density at radius 2 is 1.81 bits per heavy atom. The van der Waals surface area contributed by atoms with E-state index in [0.29, 0.717) is 17.1 Å². The van der Waals surface area contributed by atoms with E-state index >= 15 is 0 Å². The summed E-state index contributed by atoms with van der Waals surface area (Å²) in [6.07, 6.45) is 0.235. The molecular weight excluding hydrogens is 346 g/mol. The Kier molecular flexibility index (Phi) is 5.40. The summed E-state index contributed by atoms with van der Waals surface area (Å²) in [5, 5.41) is 5.25. The van der Waals surface area contributed by atoms with Crippen molar-refractivity contribution in [3.05, 3.63) is 59.2 Å². The number of methoxy groups -OCH3 is 2. The molecule has 2 amide bonds. The molecule has 1 atom stereocenters. The average molecular weight is 367 g/mol. The molecule has 7 nitrogen and oxygen atoms in total. The number of hydrogen-bond acceptors (Lipinski definition) is 5. The van der Waals surface area contributed by atoms with Crippen LogP contribution in [0.1, 0.15) is 33.9 Å². The molecule has 2 aromatic rings. The van der Waals surface area contributed by atoms with Gasteiger partial charge in [0.15, 0.2) is 11.5 Å². The molecule has 1 aliphatic heterocycles. The summed E-state index contributed by atoms with van der Waals surface area (Å²) in [5.41, 5.74) is 2.42. The molecule has 0 saturated carbocycles. The zero-order valence-electron chi connectivity index (χ0n) is 15.4. The van der Waals surface area contributed by atoms with Crippen molar-refractivity contribution < 1.29 is 19.1 Å². The Balaban J connectivity index is 1.80. The van der Waals surface area contributed by atoms with Crippen LogP contribution in [0.5, 0.6) is 11.5 Å². The Labute approximate surface area is 157 Å². The minimum atomic E-state index is -0.403. The van der Waals surface area contributed by atoms with Gasteiger partial charge in [-0.05, 0) is 30.7 Å². The first-order chi connectivity index (χ1) is 13.0. The molecule has 0 aromatic heterocycles. The van der Waals surface area contributed by atoms with Gasteiger partial charge in [-0.2, -0.15) is 0 Å². The van der Waals surface area contributed by atoms with E-state index in [2.05, 4.69) is 15.6 Å². The van der Waals surface area contributed by atoms with Crippen LogP contribution in [0.4, 0.5) is 0 Å². The average Bonchev–Trinajstić information content (AvgIpc) is 2.67. The van der Waals surface area contributed by atoms with E-state index in [1.807, 2.05) is 31.2 Å². The lowest BCUT2D eigenvalue weighted by atomic mass is 10.0. The van der Waals surface area contributed by atoms with Crippen molar-refractivity contribution in [1.82, 2.24) is 10.6 Å². The summed E-state index contributed by atoms with van der Waals surface area (Å²) >= 11 is 0. The maximum Gasteiger partial charge on any atom is 0.258 e. The number of amides is 2. The molecular formula is C20H21N3O4. The standard InChI is InChI=1S/C20H21N3O4/c1-12-4-6-13(7-5-12)15-11-18(24)22-20(21-15)23-19(25)14-8-9-16(26-2)17(10-14)27-3/h4-10,15H,11H2,1-3H3,(H2,21,22,23,24,25). The van der Waals surface area contributed by atoms with Crippen LogP contribution < -0.4 is 20.1 Å². The second kappa shape index (κ2) is 7.90. The second-order valence-corrected chi connectivity index (χ2v) is 6.18. The fourth-order valence-electron chi connectivity index (χ4n) is 2.79. The van der Waals surface area contributed by atoms with Crippen molar-refractivity contribution in [2.24, 2.45) is 4.99 Å². The Morgan fingerprint density at radius 3 is 2.48 bits per heavy atom. The molecule has 27 heavy (non-hydrogen) atoms. The molecule has 7 heteroatoms. The highest BCUT2D eigenvalue weighted by Crippen LogP contribution is 2.28. The molecule has 0 radical (unpaired) electrons. The third-order valence-electron chi connectivity index (χ3n) is 4.26. The van der Waals surface area contributed by atoms with Gasteiger partial charge in [0.1, 0.15) is 0 Å². The molecule has 2 aromatic carbocycles. The first-order valence-electron chi connectivity index (χ1n) is 8.47. The lowest BCUT2D eigenvalue weighted by molar-refractivity contribution is -0.120. The number of nitrogens with zero attached hydrogens (tertiary/aromatic N) is 1. The molecule has 2 N–H and O–H groups in total. The number of guanidine groups is 1. The van der Waals surface area contributed by atoms with Gasteiger partial charge in [-0.25, -0.2) is 4.99 Å². The van der Waals surface area contributed by atoms with E-state index in [1.54, 1.807) is 18.2 Å². The van der Waals surface area contributed by atoms with Crippen LogP contribution in [-0.2, 0) is 4.79 Å². The van der Waals surface area contributed by atoms with Crippen molar-refractivity contribution in [3.8, 4) is 11.5 Å². The maximum atomic E-state index is 12.5. The largest absolute Gasteiger partial charge is 0.493 e. The minimum Gasteiger partial charge on any atom is -0.493 e. The highest BCUT2D eigenvalue weighted by molar-refractivity contribution is 6.10. The molecule has 0 bridgehead atoms. The van der Waals surface area contributed by atoms with Crippen molar-refractivity contribution in [2.75, 3.05) is 14.2 Å². The number of nitrogens with one attached hydrogen (secondary N) is 2. The van der Waals surface area contributed by atoms with Crippen LogP contribution in [0.3, 0.4) is 0 Å². The zero-order valence-corrected chi connectivity index (χ0v) is 15.4. The SMILES string of the molecule is COc1ccc(C(=O)NC2=NC(c3ccc(C)cc3)CC(=O)N2)cc1OC. The fraction of sp³-hybridized carbons (Fsp3) is 0.250. The van der Waals surface area contributed by atoms with Crippen molar-refractivity contribution in [3.63, 3.8) is 0 Å². The van der Waals surface area contributed by atoms with E-state index < -0.39 is 5.91 Å². The van der Waals surface area contributed by atoms with Gasteiger partial charge in [0.25, 0.3) is 5.91 Å². The lowest BCUT2D eigenvalue weighted by Crippen LogP contribution is -2.47. The topological polar surface area (TPSA) is 89.0 Å². The molecule has 0 fully saturated rings. The molecule has 0 aliphatic carbocycles. The van der Waals surface area contributed by atoms with Crippen molar-refractivity contribution >= 4 is 17.8 Å². The molecule has 1 heterocycles. The number of ether oxygens (including phenoxy) is 2. The van der Waals surface area contributed by atoms with Gasteiger partial charge in [-0.15, -0.1) is 0 Å². The van der Waals surface area contributed by atoms with Gasteiger partial charge in [-0.3, -0.25) is 20.2 Å². The van der Waals surface area contributed by atoms with Crippen LogP contribution in [-0.4, -0.2) is 32.0 Å². The number of benzene rings is 2. The third kappa shape index (κ3) is 4.25. The zero-order chi connectivity index (χ0) is 19.4. The monoisotopic (exact) mass is 367 g/mol. The molecule has 1 unspecified atom stereocenters. The van der Waals surface area contributed by atoms with Gasteiger partial charge < -0.3 is 9.47 Å². The number of aliphatic imine (C=N–C) groups is 1. The van der Waals surface area contributed by atoms with Gasteiger partial charge in [0.2, 0.25) is 11.9 Å². The van der Waals surface area contributed by atoms with Crippen molar-refractivity contribution in [1.29, 1.82) is 0 Å². The van der Waals surface area contributed by atoms with Gasteiger partial charge in [-0.1, -0.05) is 29.8 Å². The van der Waals surface area contributed by atoms with Crippen LogP contribution in [0.2, 0.25) is 0 Å². The number of rotatable bonds is 4. The van der Waals surface area contributed by atoms with Crippen LogP contribution in [0.25, 0.3) is 0 Å². The summed E-state index contributed by atoms with van der Waals surface area (Å²) in [6.45, 7) is 2.00. The van der Waals surface area contributed by atoms with E-state index in [0.717, 1.165) is 11.1 Å². The van der Waals surface area contributed by atoms with E-state index in [1.165, 1.54) is 14.2 Å². The van der Waals surface area contributed by atoms with Crippen LogP contribution in [0, 0.1) is 6.92 Å². The second-order valence-electron chi connectivity index (χ2n) is 6.18.